The van der Waals surface area contributed by atoms with Crippen molar-refractivity contribution in [1.29, 1.82) is 0 Å². The molecule has 0 rings (SSSR count). The lowest BCUT2D eigenvalue weighted by molar-refractivity contribution is -0.150. The van der Waals surface area contributed by atoms with Crippen molar-refractivity contribution >= 4 is 17.7 Å². The van der Waals surface area contributed by atoms with Gasteiger partial charge in [0.05, 0.1) is 12.8 Å². The number of hydrazine groups is 3. The monoisotopic (exact) mass is 262 g/mol. The number of hydrogen-bond acceptors (Lipinski definition) is 7. The van der Waals surface area contributed by atoms with E-state index in [1.165, 1.54) is 14.1 Å². The minimum absolute atomic E-state index is 0.602. The van der Waals surface area contributed by atoms with Gasteiger partial charge >= 0.3 is 0 Å². The summed E-state index contributed by atoms with van der Waals surface area (Å²) in [6, 6.07) is 0. The second kappa shape index (κ2) is 7.55. The molecule has 0 heterocycles. The number of hydrogen-bond donors (Lipinski definition) is 7. The van der Waals surface area contributed by atoms with Gasteiger partial charge in [-0.3, -0.25) is 30.7 Å². The first-order valence-corrected chi connectivity index (χ1v) is 5.04. The number of amides is 3. The molecule has 0 aromatic heterocycles. The Bertz CT molecular complexity index is 323. The highest BCUT2D eigenvalue weighted by Crippen LogP contribution is 2.15. The van der Waals surface area contributed by atoms with Gasteiger partial charge in [-0.15, -0.1) is 0 Å². The summed E-state index contributed by atoms with van der Waals surface area (Å²) < 4.78 is 0. The van der Waals surface area contributed by atoms with Gasteiger partial charge in [-0.2, -0.15) is 0 Å². The largest absolute Gasteiger partial charge is 0.379 e. The van der Waals surface area contributed by atoms with E-state index in [4.69, 9.17) is 5.84 Å². The first-order valence-electron chi connectivity index (χ1n) is 5.04. The molecule has 0 aliphatic rings. The average molecular weight is 262 g/mol. The Balaban J connectivity index is 4.84. The molecule has 0 bridgehead atoms. The van der Waals surface area contributed by atoms with Crippen molar-refractivity contribution < 1.29 is 19.5 Å². The van der Waals surface area contributed by atoms with Gasteiger partial charge in [-0.25, -0.2) is 16.7 Å². The summed E-state index contributed by atoms with van der Waals surface area (Å²) in [5, 5.41) is 10.1. The predicted octanol–water partition coefficient (Wildman–Crippen LogP) is -4.01. The van der Waals surface area contributed by atoms with Gasteiger partial charge < -0.3 is 5.11 Å². The van der Waals surface area contributed by atoms with Gasteiger partial charge in [0.2, 0.25) is 11.8 Å². The minimum atomic E-state index is -2.20. The van der Waals surface area contributed by atoms with Crippen molar-refractivity contribution in [2.45, 2.75) is 18.4 Å². The zero-order valence-corrected chi connectivity index (χ0v) is 10.2. The van der Waals surface area contributed by atoms with E-state index in [-0.39, 0.29) is 0 Å². The van der Waals surface area contributed by atoms with Crippen LogP contribution in [0.5, 0.6) is 0 Å². The zero-order chi connectivity index (χ0) is 14.2. The van der Waals surface area contributed by atoms with Gasteiger partial charge in [-0.05, 0) is 0 Å². The third-order valence-electron chi connectivity index (χ3n) is 1.99. The molecular formula is C8H18N6O4. The quantitative estimate of drug-likeness (QED) is 0.140. The molecule has 0 aliphatic heterocycles. The van der Waals surface area contributed by atoms with Gasteiger partial charge in [-0.1, -0.05) is 0 Å². The molecule has 0 saturated heterocycles. The lowest BCUT2D eigenvalue weighted by atomic mass is 9.94. The number of rotatable bonds is 7. The van der Waals surface area contributed by atoms with E-state index in [1.807, 2.05) is 0 Å². The van der Waals surface area contributed by atoms with Crippen molar-refractivity contribution in [3.8, 4) is 0 Å². The summed E-state index contributed by atoms with van der Waals surface area (Å²) >= 11 is 0. The Morgan fingerprint density at radius 1 is 1.06 bits per heavy atom. The molecule has 104 valence electrons. The van der Waals surface area contributed by atoms with E-state index in [9.17, 15) is 19.5 Å². The molecule has 0 aliphatic carbocycles. The third-order valence-corrected chi connectivity index (χ3v) is 1.99. The van der Waals surface area contributed by atoms with Crippen LogP contribution in [0.2, 0.25) is 0 Å². The summed E-state index contributed by atoms with van der Waals surface area (Å²) in [6.45, 7) is 0. The molecule has 0 radical (unpaired) electrons. The first-order chi connectivity index (χ1) is 8.39. The van der Waals surface area contributed by atoms with E-state index < -0.39 is 36.2 Å². The fraction of sp³-hybridized carbons (Fsp3) is 0.625. The van der Waals surface area contributed by atoms with Crippen LogP contribution in [0.15, 0.2) is 0 Å². The maximum atomic E-state index is 11.6. The van der Waals surface area contributed by atoms with Crippen LogP contribution < -0.4 is 33.0 Å². The van der Waals surface area contributed by atoms with Crippen LogP contribution in [0, 0.1) is 0 Å². The third kappa shape index (κ3) is 5.05. The van der Waals surface area contributed by atoms with Crippen LogP contribution in [-0.2, 0) is 14.4 Å². The van der Waals surface area contributed by atoms with Crippen LogP contribution >= 0.6 is 0 Å². The Labute approximate surface area is 104 Å². The highest BCUT2D eigenvalue weighted by molar-refractivity contribution is 5.94. The van der Waals surface area contributed by atoms with Crippen LogP contribution in [0.1, 0.15) is 12.8 Å². The van der Waals surface area contributed by atoms with E-state index in [0.717, 1.165) is 0 Å². The normalized spacial score (nSPS) is 13.3. The average Bonchev–Trinajstić information content (AvgIpc) is 2.29. The van der Waals surface area contributed by atoms with E-state index >= 15 is 0 Å². The Morgan fingerprint density at radius 2 is 1.56 bits per heavy atom. The van der Waals surface area contributed by atoms with Crippen molar-refractivity contribution in [2.75, 3.05) is 14.1 Å². The molecule has 1 unspecified atom stereocenters. The maximum absolute atomic E-state index is 11.6. The van der Waals surface area contributed by atoms with E-state index in [0.29, 0.717) is 0 Å². The number of nitrogens with one attached hydrogen (secondary N) is 5. The molecule has 0 saturated carbocycles. The fourth-order valence-corrected chi connectivity index (χ4v) is 1.22. The summed E-state index contributed by atoms with van der Waals surface area (Å²) in [6.07, 6.45) is -1.25. The smallest absolute Gasteiger partial charge is 0.267 e. The van der Waals surface area contributed by atoms with E-state index in [1.54, 1.807) is 5.43 Å². The second-order valence-corrected chi connectivity index (χ2v) is 3.45. The Morgan fingerprint density at radius 3 is 2.00 bits per heavy atom. The molecule has 10 nitrogen and oxygen atoms in total. The molecule has 3 amide bonds. The number of aliphatic hydroxyl groups is 1. The number of nitrogens with two attached hydrogens (primary N) is 1. The summed E-state index contributed by atoms with van der Waals surface area (Å²) in [4.78, 5) is 34.1. The highest BCUT2D eigenvalue weighted by atomic mass is 16.3. The molecule has 0 spiro atoms. The first kappa shape index (κ1) is 16.2. The topological polar surface area (TPSA) is 158 Å². The standard InChI is InChI=1S/C8H18N6O4/c1-10-13-6(16)4-8(18,3-5(15)12-9)7(17)14-11-2/h10-11,18H,3-4,9H2,1-2H3,(H,12,15)(H,13,16)(H,14,17). The molecule has 1 atom stereocenters. The number of carbonyl (C=O) groups excluding carboxylic acids is 3. The highest BCUT2D eigenvalue weighted by Gasteiger charge is 2.40. The molecule has 18 heavy (non-hydrogen) atoms. The van der Waals surface area contributed by atoms with Gasteiger partial charge in [0, 0.05) is 14.1 Å². The molecule has 8 N–H and O–H groups in total. The summed E-state index contributed by atoms with van der Waals surface area (Å²) in [7, 11) is 2.84. The maximum Gasteiger partial charge on any atom is 0.267 e. The fourth-order valence-electron chi connectivity index (χ4n) is 1.22. The lowest BCUT2D eigenvalue weighted by Gasteiger charge is -2.25. The lowest BCUT2D eigenvalue weighted by Crippen LogP contribution is -2.55. The molecular weight excluding hydrogens is 244 g/mol. The minimum Gasteiger partial charge on any atom is -0.379 e. The SMILES string of the molecule is CNNC(=O)CC(O)(CC(=O)NN)C(=O)NNC. The summed E-state index contributed by atoms with van der Waals surface area (Å²) in [5.74, 6) is 2.52. The van der Waals surface area contributed by atoms with Crippen molar-refractivity contribution in [3.63, 3.8) is 0 Å². The molecule has 0 aromatic rings. The Hall–Kier alpha value is -1.75. The van der Waals surface area contributed by atoms with Crippen LogP contribution in [0.25, 0.3) is 0 Å². The van der Waals surface area contributed by atoms with Crippen molar-refractivity contribution in [1.82, 2.24) is 27.1 Å². The summed E-state index contributed by atoms with van der Waals surface area (Å²) in [5.41, 5.74) is 8.50. The second-order valence-electron chi connectivity index (χ2n) is 3.45. The zero-order valence-electron chi connectivity index (χ0n) is 10.2. The predicted molar refractivity (Wildman–Crippen MR) is 60.9 cm³/mol. The van der Waals surface area contributed by atoms with Crippen LogP contribution in [-0.4, -0.2) is 42.5 Å². The van der Waals surface area contributed by atoms with E-state index in [2.05, 4.69) is 21.7 Å². The van der Waals surface area contributed by atoms with Gasteiger partial charge in [0.15, 0.2) is 5.60 Å². The molecule has 0 aromatic carbocycles. The van der Waals surface area contributed by atoms with Crippen molar-refractivity contribution in [3.05, 3.63) is 0 Å². The van der Waals surface area contributed by atoms with Gasteiger partial charge in [0.25, 0.3) is 5.91 Å². The Kier molecular flexibility index (Phi) is 6.82. The van der Waals surface area contributed by atoms with Gasteiger partial charge in [0.1, 0.15) is 0 Å². The van der Waals surface area contributed by atoms with Crippen LogP contribution in [0.4, 0.5) is 0 Å². The van der Waals surface area contributed by atoms with Crippen LogP contribution in [0.3, 0.4) is 0 Å². The number of carbonyl (C=O) groups is 3. The van der Waals surface area contributed by atoms with Crippen molar-refractivity contribution in [2.24, 2.45) is 5.84 Å². The molecule has 10 heteroatoms. The molecule has 0 fully saturated rings.